The van der Waals surface area contributed by atoms with Gasteiger partial charge < -0.3 is 10.2 Å². The average molecular weight is 341 g/mol. The van der Waals surface area contributed by atoms with Crippen LogP contribution in [0.5, 0.6) is 0 Å². The van der Waals surface area contributed by atoms with E-state index in [4.69, 9.17) is 10.2 Å². The highest BCUT2D eigenvalue weighted by atomic mass is 16.3. The van der Waals surface area contributed by atoms with Gasteiger partial charge in [-0.15, -0.1) is 0 Å². The first-order chi connectivity index (χ1) is 11.9. The Balaban J connectivity index is 2.28. The van der Waals surface area contributed by atoms with E-state index in [0.717, 1.165) is 25.7 Å². The Bertz CT molecular complexity index is 642. The van der Waals surface area contributed by atoms with Gasteiger partial charge in [0, 0.05) is 18.6 Å². The standard InChI is InChI=1S/C23H32O2/c1-17-15-21(11-9-19(17)7-5-13-24)23(3,4)22-12-10-20(8-6-14-25)18(2)16-22/h9-12,15-16,24-25H,5-8,13-14H2,1-4H3. The van der Waals surface area contributed by atoms with Gasteiger partial charge in [-0.05, 0) is 72.9 Å². The molecule has 2 rings (SSSR count). The predicted octanol–water partition coefficient (Wildman–Crippen LogP) is 4.48. The molecule has 0 heterocycles. The fourth-order valence-corrected chi connectivity index (χ4v) is 3.44. The van der Waals surface area contributed by atoms with Crippen LogP contribution in [-0.2, 0) is 18.3 Å². The van der Waals surface area contributed by atoms with Crippen molar-refractivity contribution in [3.8, 4) is 0 Å². The van der Waals surface area contributed by atoms with E-state index < -0.39 is 0 Å². The SMILES string of the molecule is Cc1cc(C(C)(C)c2ccc(CCCO)c(C)c2)ccc1CCCO. The summed E-state index contributed by atoms with van der Waals surface area (Å²) < 4.78 is 0. The predicted molar refractivity (Wildman–Crippen MR) is 105 cm³/mol. The maximum absolute atomic E-state index is 9.04. The van der Waals surface area contributed by atoms with Crippen LogP contribution < -0.4 is 0 Å². The van der Waals surface area contributed by atoms with Crippen molar-refractivity contribution in [2.45, 2.75) is 58.8 Å². The van der Waals surface area contributed by atoms with E-state index in [2.05, 4.69) is 64.1 Å². The van der Waals surface area contributed by atoms with Gasteiger partial charge in [-0.2, -0.15) is 0 Å². The van der Waals surface area contributed by atoms with Gasteiger partial charge in [0.1, 0.15) is 0 Å². The van der Waals surface area contributed by atoms with Crippen molar-refractivity contribution in [1.29, 1.82) is 0 Å². The molecular formula is C23H32O2. The molecule has 0 unspecified atom stereocenters. The molecule has 0 bridgehead atoms. The molecule has 0 amide bonds. The fourth-order valence-electron chi connectivity index (χ4n) is 3.44. The van der Waals surface area contributed by atoms with Crippen LogP contribution in [0.25, 0.3) is 0 Å². The van der Waals surface area contributed by atoms with Crippen molar-refractivity contribution in [2.75, 3.05) is 13.2 Å². The van der Waals surface area contributed by atoms with Crippen LogP contribution in [0.1, 0.15) is 60.1 Å². The van der Waals surface area contributed by atoms with Crippen molar-refractivity contribution in [1.82, 2.24) is 0 Å². The molecule has 0 aromatic heterocycles. The number of hydrogen-bond acceptors (Lipinski definition) is 2. The maximum Gasteiger partial charge on any atom is 0.0434 e. The van der Waals surface area contributed by atoms with E-state index in [1.165, 1.54) is 33.4 Å². The lowest BCUT2D eigenvalue weighted by atomic mass is 9.76. The normalized spacial score (nSPS) is 11.8. The molecule has 2 aromatic rings. The van der Waals surface area contributed by atoms with Crippen LogP contribution in [0.15, 0.2) is 36.4 Å². The van der Waals surface area contributed by atoms with Crippen LogP contribution in [0, 0.1) is 13.8 Å². The van der Waals surface area contributed by atoms with Crippen molar-refractivity contribution < 1.29 is 10.2 Å². The van der Waals surface area contributed by atoms with Gasteiger partial charge in [-0.3, -0.25) is 0 Å². The molecule has 0 aliphatic rings. The molecule has 0 saturated carbocycles. The molecular weight excluding hydrogens is 308 g/mol. The number of hydrogen-bond donors (Lipinski definition) is 2. The molecule has 0 aliphatic carbocycles. The summed E-state index contributed by atoms with van der Waals surface area (Å²) in [6.45, 7) is 9.36. The summed E-state index contributed by atoms with van der Waals surface area (Å²) in [7, 11) is 0. The van der Waals surface area contributed by atoms with Gasteiger partial charge >= 0.3 is 0 Å². The van der Waals surface area contributed by atoms with Crippen molar-refractivity contribution >= 4 is 0 Å². The largest absolute Gasteiger partial charge is 0.396 e. The average Bonchev–Trinajstić information content (AvgIpc) is 2.59. The highest BCUT2D eigenvalue weighted by Crippen LogP contribution is 2.33. The lowest BCUT2D eigenvalue weighted by molar-refractivity contribution is 0.288. The van der Waals surface area contributed by atoms with E-state index in [1.807, 2.05) is 0 Å². The highest BCUT2D eigenvalue weighted by Gasteiger charge is 2.24. The van der Waals surface area contributed by atoms with Gasteiger partial charge in [0.05, 0.1) is 0 Å². The Hall–Kier alpha value is -1.64. The number of aliphatic hydroxyl groups is 2. The Morgan fingerprint density at radius 2 is 1.12 bits per heavy atom. The zero-order valence-electron chi connectivity index (χ0n) is 16.1. The molecule has 0 spiro atoms. The third-order valence-electron chi connectivity index (χ3n) is 5.34. The summed E-state index contributed by atoms with van der Waals surface area (Å²) in [5.41, 5.74) is 7.83. The number of aliphatic hydroxyl groups excluding tert-OH is 2. The first-order valence-corrected chi connectivity index (χ1v) is 9.32. The van der Waals surface area contributed by atoms with Gasteiger partial charge in [0.25, 0.3) is 0 Å². The van der Waals surface area contributed by atoms with Gasteiger partial charge in [-0.25, -0.2) is 0 Å². The minimum absolute atomic E-state index is 0.0550. The first-order valence-electron chi connectivity index (χ1n) is 9.32. The molecule has 136 valence electrons. The van der Waals surface area contributed by atoms with Crippen molar-refractivity contribution in [3.63, 3.8) is 0 Å². The minimum Gasteiger partial charge on any atom is -0.396 e. The summed E-state index contributed by atoms with van der Waals surface area (Å²) in [4.78, 5) is 0. The topological polar surface area (TPSA) is 40.5 Å². The molecule has 25 heavy (non-hydrogen) atoms. The monoisotopic (exact) mass is 340 g/mol. The van der Waals surface area contributed by atoms with E-state index in [9.17, 15) is 0 Å². The first kappa shape index (κ1) is 19.7. The number of aryl methyl sites for hydroxylation is 4. The zero-order chi connectivity index (χ0) is 18.4. The highest BCUT2D eigenvalue weighted by molar-refractivity contribution is 5.44. The molecule has 2 N–H and O–H groups in total. The van der Waals surface area contributed by atoms with Crippen LogP contribution >= 0.6 is 0 Å². The summed E-state index contributed by atoms with van der Waals surface area (Å²) in [5.74, 6) is 0. The van der Waals surface area contributed by atoms with E-state index in [1.54, 1.807) is 0 Å². The Kier molecular flexibility index (Phi) is 6.80. The molecule has 0 radical (unpaired) electrons. The van der Waals surface area contributed by atoms with Crippen LogP contribution in [0.2, 0.25) is 0 Å². The summed E-state index contributed by atoms with van der Waals surface area (Å²) in [6, 6.07) is 13.5. The molecule has 2 aromatic carbocycles. The summed E-state index contributed by atoms with van der Waals surface area (Å²) in [6.07, 6.45) is 3.50. The molecule has 2 nitrogen and oxygen atoms in total. The fraction of sp³-hybridized carbons (Fsp3) is 0.478. The Morgan fingerprint density at radius 3 is 1.44 bits per heavy atom. The van der Waals surface area contributed by atoms with Crippen molar-refractivity contribution in [3.05, 3.63) is 69.8 Å². The number of benzene rings is 2. The smallest absolute Gasteiger partial charge is 0.0434 e. The quantitative estimate of drug-likeness (QED) is 0.744. The lowest BCUT2D eigenvalue weighted by Crippen LogP contribution is -2.19. The molecule has 0 fully saturated rings. The lowest BCUT2D eigenvalue weighted by Gasteiger charge is -2.28. The Morgan fingerprint density at radius 1 is 0.720 bits per heavy atom. The maximum atomic E-state index is 9.04. The second-order valence-electron chi connectivity index (χ2n) is 7.56. The molecule has 2 heteroatoms. The third kappa shape index (κ3) is 4.71. The Labute approximate surface area is 152 Å². The second-order valence-corrected chi connectivity index (χ2v) is 7.56. The van der Waals surface area contributed by atoms with Gasteiger partial charge in [0.15, 0.2) is 0 Å². The summed E-state index contributed by atoms with van der Waals surface area (Å²) >= 11 is 0. The van der Waals surface area contributed by atoms with Crippen LogP contribution in [0.4, 0.5) is 0 Å². The summed E-state index contributed by atoms with van der Waals surface area (Å²) in [5, 5.41) is 18.1. The molecule has 0 atom stereocenters. The van der Waals surface area contributed by atoms with Crippen LogP contribution in [-0.4, -0.2) is 23.4 Å². The van der Waals surface area contributed by atoms with E-state index in [0.29, 0.717) is 0 Å². The second kappa shape index (κ2) is 8.64. The number of rotatable bonds is 8. The zero-order valence-corrected chi connectivity index (χ0v) is 16.1. The third-order valence-corrected chi connectivity index (χ3v) is 5.34. The van der Waals surface area contributed by atoms with E-state index >= 15 is 0 Å². The van der Waals surface area contributed by atoms with E-state index in [-0.39, 0.29) is 18.6 Å². The van der Waals surface area contributed by atoms with Crippen molar-refractivity contribution in [2.24, 2.45) is 0 Å². The van der Waals surface area contributed by atoms with Gasteiger partial charge in [-0.1, -0.05) is 50.2 Å². The molecule has 0 aliphatic heterocycles. The molecule has 0 saturated heterocycles. The minimum atomic E-state index is -0.0550. The van der Waals surface area contributed by atoms with Gasteiger partial charge in [0.2, 0.25) is 0 Å². The van der Waals surface area contributed by atoms with Crippen LogP contribution in [0.3, 0.4) is 0 Å².